The summed E-state index contributed by atoms with van der Waals surface area (Å²) in [4.78, 5) is 2.20. The molecule has 5 heteroatoms. The first-order valence-corrected chi connectivity index (χ1v) is 6.67. The highest BCUT2D eigenvalue weighted by atomic mass is 35.5. The number of rotatable bonds is 7. The highest BCUT2D eigenvalue weighted by Gasteiger charge is 2.08. The summed E-state index contributed by atoms with van der Waals surface area (Å²) in [5, 5.41) is 1.34. The smallest absolute Gasteiger partial charge is 0.0589 e. The SMILES string of the molecule is COCCN(CCCl)Cc1ccc(Cl)cc1Cl. The van der Waals surface area contributed by atoms with E-state index in [1.807, 2.05) is 12.1 Å². The molecule has 0 unspecified atom stereocenters. The van der Waals surface area contributed by atoms with Gasteiger partial charge in [0.25, 0.3) is 0 Å². The lowest BCUT2D eigenvalue weighted by atomic mass is 10.2. The molecule has 0 atom stereocenters. The van der Waals surface area contributed by atoms with Crippen molar-refractivity contribution < 1.29 is 4.74 Å². The highest BCUT2D eigenvalue weighted by Crippen LogP contribution is 2.22. The van der Waals surface area contributed by atoms with Crippen LogP contribution in [0, 0.1) is 0 Å². The predicted octanol–water partition coefficient (Wildman–Crippen LogP) is 3.68. The molecule has 0 fully saturated rings. The van der Waals surface area contributed by atoms with Gasteiger partial charge in [-0.2, -0.15) is 0 Å². The molecule has 1 aromatic rings. The Balaban J connectivity index is 2.64. The summed E-state index contributed by atoms with van der Waals surface area (Å²) in [6, 6.07) is 5.55. The molecule has 0 aromatic heterocycles. The maximum atomic E-state index is 6.13. The minimum Gasteiger partial charge on any atom is -0.383 e. The van der Waals surface area contributed by atoms with Crippen LogP contribution in [0.3, 0.4) is 0 Å². The number of hydrogen-bond acceptors (Lipinski definition) is 2. The molecule has 0 aliphatic carbocycles. The summed E-state index contributed by atoms with van der Waals surface area (Å²) >= 11 is 17.8. The standard InChI is InChI=1S/C12H16Cl3NO/c1-17-7-6-16(5-4-13)9-10-2-3-11(14)8-12(10)15/h2-3,8H,4-7,9H2,1H3. The molecule has 0 aliphatic rings. The summed E-state index contributed by atoms with van der Waals surface area (Å²) in [5.41, 5.74) is 1.05. The molecule has 0 amide bonds. The molecular formula is C12H16Cl3NO. The fourth-order valence-electron chi connectivity index (χ4n) is 1.50. The van der Waals surface area contributed by atoms with Crippen LogP contribution in [0.2, 0.25) is 10.0 Å². The molecule has 1 aromatic carbocycles. The van der Waals surface area contributed by atoms with Gasteiger partial charge in [-0.05, 0) is 17.7 Å². The van der Waals surface area contributed by atoms with E-state index in [9.17, 15) is 0 Å². The van der Waals surface area contributed by atoms with Gasteiger partial charge in [0.2, 0.25) is 0 Å². The first-order chi connectivity index (χ1) is 8.17. The Kier molecular flexibility index (Phi) is 7.24. The van der Waals surface area contributed by atoms with Crippen molar-refractivity contribution in [2.45, 2.75) is 6.54 Å². The van der Waals surface area contributed by atoms with Crippen LogP contribution in [0.4, 0.5) is 0 Å². The van der Waals surface area contributed by atoms with E-state index >= 15 is 0 Å². The first kappa shape index (κ1) is 15.1. The zero-order valence-electron chi connectivity index (χ0n) is 9.76. The number of benzene rings is 1. The van der Waals surface area contributed by atoms with Gasteiger partial charge in [-0.15, -0.1) is 11.6 Å². The average molecular weight is 297 g/mol. The van der Waals surface area contributed by atoms with Crippen molar-refractivity contribution in [3.63, 3.8) is 0 Å². The van der Waals surface area contributed by atoms with Gasteiger partial charge in [-0.3, -0.25) is 4.90 Å². The monoisotopic (exact) mass is 295 g/mol. The highest BCUT2D eigenvalue weighted by molar-refractivity contribution is 6.35. The Morgan fingerprint density at radius 2 is 2.00 bits per heavy atom. The Labute approximate surface area is 117 Å². The lowest BCUT2D eigenvalue weighted by molar-refractivity contribution is 0.148. The molecule has 0 bridgehead atoms. The predicted molar refractivity (Wildman–Crippen MR) is 74.3 cm³/mol. The second-order valence-electron chi connectivity index (χ2n) is 3.69. The van der Waals surface area contributed by atoms with Gasteiger partial charge in [0.15, 0.2) is 0 Å². The Morgan fingerprint density at radius 3 is 2.59 bits per heavy atom. The Bertz CT molecular complexity index is 347. The van der Waals surface area contributed by atoms with E-state index < -0.39 is 0 Å². The van der Waals surface area contributed by atoms with Gasteiger partial charge in [0.05, 0.1) is 6.61 Å². The number of ether oxygens (including phenoxy) is 1. The number of halogens is 3. The summed E-state index contributed by atoms with van der Waals surface area (Å²) in [7, 11) is 1.69. The van der Waals surface area contributed by atoms with Gasteiger partial charge >= 0.3 is 0 Å². The summed E-state index contributed by atoms with van der Waals surface area (Å²) in [6.07, 6.45) is 0. The molecule has 0 saturated carbocycles. The van der Waals surface area contributed by atoms with Crippen LogP contribution in [0.15, 0.2) is 18.2 Å². The number of methoxy groups -OCH3 is 1. The van der Waals surface area contributed by atoms with Gasteiger partial charge in [0, 0.05) is 42.7 Å². The van der Waals surface area contributed by atoms with E-state index in [0.717, 1.165) is 25.2 Å². The van der Waals surface area contributed by atoms with Gasteiger partial charge < -0.3 is 4.74 Å². The molecule has 17 heavy (non-hydrogen) atoms. The molecule has 0 saturated heterocycles. The maximum Gasteiger partial charge on any atom is 0.0589 e. The van der Waals surface area contributed by atoms with Crippen LogP contribution in [0.25, 0.3) is 0 Å². The lowest BCUT2D eigenvalue weighted by Gasteiger charge is -2.21. The van der Waals surface area contributed by atoms with E-state index in [4.69, 9.17) is 39.5 Å². The molecule has 0 N–H and O–H groups in total. The van der Waals surface area contributed by atoms with Crippen molar-refractivity contribution >= 4 is 34.8 Å². The average Bonchev–Trinajstić information content (AvgIpc) is 2.29. The van der Waals surface area contributed by atoms with Crippen molar-refractivity contribution in [1.29, 1.82) is 0 Å². The third-order valence-corrected chi connectivity index (χ3v) is 3.18. The minimum absolute atomic E-state index is 0.592. The summed E-state index contributed by atoms with van der Waals surface area (Å²) in [6.45, 7) is 3.08. The molecule has 1 rings (SSSR count). The quantitative estimate of drug-likeness (QED) is 0.712. The summed E-state index contributed by atoms with van der Waals surface area (Å²) in [5.74, 6) is 0.592. The zero-order chi connectivity index (χ0) is 12.7. The van der Waals surface area contributed by atoms with Crippen LogP contribution in [-0.4, -0.2) is 37.6 Å². The van der Waals surface area contributed by atoms with Gasteiger partial charge in [-0.1, -0.05) is 29.3 Å². The zero-order valence-corrected chi connectivity index (χ0v) is 12.0. The first-order valence-electron chi connectivity index (χ1n) is 5.38. The second-order valence-corrected chi connectivity index (χ2v) is 4.92. The minimum atomic E-state index is 0.592. The fourth-order valence-corrected chi connectivity index (χ4v) is 2.21. The van der Waals surface area contributed by atoms with Gasteiger partial charge in [-0.25, -0.2) is 0 Å². The topological polar surface area (TPSA) is 12.5 Å². The Hall–Kier alpha value is 0.01000. The van der Waals surface area contributed by atoms with E-state index in [2.05, 4.69) is 4.90 Å². The van der Waals surface area contributed by atoms with Crippen molar-refractivity contribution in [3.8, 4) is 0 Å². The molecular weight excluding hydrogens is 280 g/mol. The molecule has 0 aliphatic heterocycles. The second kappa shape index (κ2) is 8.17. The van der Waals surface area contributed by atoms with Crippen LogP contribution < -0.4 is 0 Å². The fraction of sp³-hybridized carbons (Fsp3) is 0.500. The van der Waals surface area contributed by atoms with Crippen LogP contribution in [0.1, 0.15) is 5.56 Å². The lowest BCUT2D eigenvalue weighted by Crippen LogP contribution is -2.29. The normalized spacial score (nSPS) is 11.1. The van der Waals surface area contributed by atoms with E-state index in [-0.39, 0.29) is 0 Å². The molecule has 0 heterocycles. The van der Waals surface area contributed by atoms with E-state index in [1.165, 1.54) is 0 Å². The molecule has 0 spiro atoms. The van der Waals surface area contributed by atoms with Crippen LogP contribution >= 0.6 is 34.8 Å². The number of hydrogen-bond donors (Lipinski definition) is 0. The van der Waals surface area contributed by atoms with Crippen molar-refractivity contribution in [1.82, 2.24) is 4.90 Å². The molecule has 0 radical (unpaired) electrons. The largest absolute Gasteiger partial charge is 0.383 e. The third-order valence-electron chi connectivity index (χ3n) is 2.42. The molecule has 96 valence electrons. The third kappa shape index (κ3) is 5.45. The number of nitrogens with zero attached hydrogens (tertiary/aromatic N) is 1. The van der Waals surface area contributed by atoms with Gasteiger partial charge in [0.1, 0.15) is 0 Å². The Morgan fingerprint density at radius 1 is 1.24 bits per heavy atom. The van der Waals surface area contributed by atoms with Crippen LogP contribution in [0.5, 0.6) is 0 Å². The van der Waals surface area contributed by atoms with Crippen molar-refractivity contribution in [2.75, 3.05) is 32.7 Å². The summed E-state index contributed by atoms with van der Waals surface area (Å²) < 4.78 is 5.07. The maximum absolute atomic E-state index is 6.13. The van der Waals surface area contributed by atoms with Crippen molar-refractivity contribution in [3.05, 3.63) is 33.8 Å². The number of alkyl halides is 1. The molecule has 2 nitrogen and oxygen atoms in total. The van der Waals surface area contributed by atoms with Crippen molar-refractivity contribution in [2.24, 2.45) is 0 Å². The van der Waals surface area contributed by atoms with E-state index in [0.29, 0.717) is 22.5 Å². The van der Waals surface area contributed by atoms with E-state index in [1.54, 1.807) is 13.2 Å². The van der Waals surface area contributed by atoms with Crippen LogP contribution in [-0.2, 0) is 11.3 Å².